The van der Waals surface area contributed by atoms with E-state index in [1.54, 1.807) is 12.1 Å². The Morgan fingerprint density at radius 3 is 2.65 bits per heavy atom. The molecule has 0 aliphatic carbocycles. The van der Waals surface area contributed by atoms with Crippen LogP contribution in [0.1, 0.15) is 44.6 Å². The van der Waals surface area contributed by atoms with Crippen LogP contribution in [0.5, 0.6) is 5.75 Å². The van der Waals surface area contributed by atoms with E-state index in [1.807, 2.05) is 7.05 Å². The van der Waals surface area contributed by atoms with E-state index in [1.165, 1.54) is 31.7 Å². The van der Waals surface area contributed by atoms with Gasteiger partial charge in [-0.2, -0.15) is 0 Å². The fourth-order valence-corrected chi connectivity index (χ4v) is 2.04. The van der Waals surface area contributed by atoms with Crippen LogP contribution in [-0.2, 0) is 6.54 Å². The number of nitrogens with one attached hydrogen (secondary N) is 1. The molecule has 0 aromatic heterocycles. The fraction of sp³-hybridized carbons (Fsp3) is 0.600. The number of ether oxygens (including phenoxy) is 1. The maximum atomic E-state index is 10.8. The van der Waals surface area contributed by atoms with Crippen LogP contribution in [0, 0.1) is 10.1 Å². The van der Waals surface area contributed by atoms with Crippen LogP contribution < -0.4 is 10.1 Å². The molecular formula is C15H24N2O3. The van der Waals surface area contributed by atoms with Gasteiger partial charge >= 0.3 is 0 Å². The van der Waals surface area contributed by atoms with Crippen LogP contribution in [0.3, 0.4) is 0 Å². The van der Waals surface area contributed by atoms with Crippen molar-refractivity contribution in [3.05, 3.63) is 33.9 Å². The van der Waals surface area contributed by atoms with Gasteiger partial charge in [0.05, 0.1) is 11.5 Å². The summed E-state index contributed by atoms with van der Waals surface area (Å²) in [5.74, 6) is 0.737. The van der Waals surface area contributed by atoms with Crippen LogP contribution in [0.4, 0.5) is 5.69 Å². The third kappa shape index (κ3) is 5.57. The largest absolute Gasteiger partial charge is 0.493 e. The number of nitro benzene ring substituents is 1. The predicted octanol–water partition coefficient (Wildman–Crippen LogP) is 3.66. The number of nitrogens with zero attached hydrogens (tertiary/aromatic N) is 1. The van der Waals surface area contributed by atoms with Gasteiger partial charge in [0.25, 0.3) is 5.69 Å². The van der Waals surface area contributed by atoms with E-state index in [2.05, 4.69) is 12.2 Å². The molecule has 112 valence electrons. The highest BCUT2D eigenvalue weighted by atomic mass is 16.6. The first-order valence-corrected chi connectivity index (χ1v) is 7.23. The molecule has 0 unspecified atom stereocenters. The quantitative estimate of drug-likeness (QED) is 0.403. The van der Waals surface area contributed by atoms with Gasteiger partial charge in [-0.3, -0.25) is 10.1 Å². The Morgan fingerprint density at radius 1 is 1.25 bits per heavy atom. The molecule has 1 rings (SSSR count). The lowest BCUT2D eigenvalue weighted by molar-refractivity contribution is -0.384. The van der Waals surface area contributed by atoms with E-state index in [4.69, 9.17) is 4.74 Å². The summed E-state index contributed by atoms with van der Waals surface area (Å²) in [5.41, 5.74) is 0.931. The van der Waals surface area contributed by atoms with Gasteiger partial charge in [0.15, 0.2) is 0 Å². The fourth-order valence-electron chi connectivity index (χ4n) is 2.04. The van der Waals surface area contributed by atoms with Crippen molar-refractivity contribution >= 4 is 5.69 Å². The van der Waals surface area contributed by atoms with Crippen LogP contribution >= 0.6 is 0 Å². The van der Waals surface area contributed by atoms with Gasteiger partial charge in [-0.1, -0.05) is 32.6 Å². The first kappa shape index (κ1) is 16.4. The van der Waals surface area contributed by atoms with E-state index in [0.29, 0.717) is 13.2 Å². The second-order valence-electron chi connectivity index (χ2n) is 4.84. The van der Waals surface area contributed by atoms with Gasteiger partial charge in [0, 0.05) is 24.2 Å². The van der Waals surface area contributed by atoms with Gasteiger partial charge in [0.2, 0.25) is 0 Å². The average Bonchev–Trinajstić information content (AvgIpc) is 2.44. The van der Waals surface area contributed by atoms with Crippen molar-refractivity contribution in [1.82, 2.24) is 5.32 Å². The molecule has 1 aromatic rings. The molecule has 5 nitrogen and oxygen atoms in total. The number of nitro groups is 1. The van der Waals surface area contributed by atoms with Crippen LogP contribution in [0.15, 0.2) is 18.2 Å². The third-order valence-electron chi connectivity index (χ3n) is 3.13. The van der Waals surface area contributed by atoms with Crippen LogP contribution in [-0.4, -0.2) is 18.6 Å². The monoisotopic (exact) mass is 280 g/mol. The molecule has 0 spiro atoms. The summed E-state index contributed by atoms with van der Waals surface area (Å²) in [4.78, 5) is 10.4. The maximum absolute atomic E-state index is 10.8. The van der Waals surface area contributed by atoms with Crippen LogP contribution in [0.2, 0.25) is 0 Å². The van der Waals surface area contributed by atoms with Gasteiger partial charge in [0.1, 0.15) is 5.75 Å². The normalized spacial score (nSPS) is 10.5. The van der Waals surface area contributed by atoms with Gasteiger partial charge in [-0.25, -0.2) is 0 Å². The first-order valence-electron chi connectivity index (χ1n) is 7.23. The minimum atomic E-state index is -0.381. The summed E-state index contributed by atoms with van der Waals surface area (Å²) >= 11 is 0. The standard InChI is InChI=1S/C15H24N2O3/c1-3-4-5-6-7-10-20-15-9-8-14(17(18)19)11-13(15)12-16-2/h8-9,11,16H,3-7,10,12H2,1-2H3. The summed E-state index contributed by atoms with van der Waals surface area (Å²) in [6.45, 7) is 3.42. The average molecular weight is 280 g/mol. The van der Waals surface area contributed by atoms with E-state index in [9.17, 15) is 10.1 Å². The van der Waals surface area contributed by atoms with Crippen LogP contribution in [0.25, 0.3) is 0 Å². The topological polar surface area (TPSA) is 64.4 Å². The molecule has 5 heteroatoms. The Kier molecular flexibility index (Phi) is 7.65. The molecule has 20 heavy (non-hydrogen) atoms. The summed E-state index contributed by atoms with van der Waals surface area (Å²) in [5, 5.41) is 13.8. The third-order valence-corrected chi connectivity index (χ3v) is 3.13. The van der Waals surface area contributed by atoms with Gasteiger partial charge < -0.3 is 10.1 Å². The molecule has 0 aliphatic heterocycles. The molecule has 0 saturated carbocycles. The number of hydrogen-bond acceptors (Lipinski definition) is 4. The number of rotatable bonds is 10. The summed E-state index contributed by atoms with van der Waals surface area (Å²) < 4.78 is 5.74. The van der Waals surface area contributed by atoms with Crippen molar-refractivity contribution in [3.63, 3.8) is 0 Å². The minimum Gasteiger partial charge on any atom is -0.493 e. The number of unbranched alkanes of at least 4 members (excludes halogenated alkanes) is 4. The van der Waals surface area contributed by atoms with Crippen molar-refractivity contribution in [3.8, 4) is 5.75 Å². The van der Waals surface area contributed by atoms with Crippen molar-refractivity contribution < 1.29 is 9.66 Å². The van der Waals surface area contributed by atoms with Gasteiger partial charge in [-0.05, 0) is 19.5 Å². The molecule has 0 amide bonds. The number of hydrogen-bond donors (Lipinski definition) is 1. The smallest absolute Gasteiger partial charge is 0.270 e. The molecule has 0 heterocycles. The minimum absolute atomic E-state index is 0.102. The Balaban J connectivity index is 2.53. The Bertz CT molecular complexity index is 422. The Labute approximate surface area is 120 Å². The molecule has 1 N–H and O–H groups in total. The van der Waals surface area contributed by atoms with Gasteiger partial charge in [-0.15, -0.1) is 0 Å². The number of benzene rings is 1. The number of non-ortho nitro benzene ring substituents is 1. The molecule has 0 fully saturated rings. The summed E-state index contributed by atoms with van der Waals surface area (Å²) in [6, 6.07) is 4.76. The highest BCUT2D eigenvalue weighted by Gasteiger charge is 2.11. The maximum Gasteiger partial charge on any atom is 0.270 e. The van der Waals surface area contributed by atoms with Crippen molar-refractivity contribution in [2.24, 2.45) is 0 Å². The lowest BCUT2D eigenvalue weighted by Crippen LogP contribution is -2.08. The summed E-state index contributed by atoms with van der Waals surface area (Å²) in [6.07, 6.45) is 5.93. The zero-order valence-electron chi connectivity index (χ0n) is 12.4. The molecule has 0 atom stereocenters. The Morgan fingerprint density at radius 2 is 2.00 bits per heavy atom. The van der Waals surface area contributed by atoms with Crippen molar-refractivity contribution in [2.45, 2.75) is 45.6 Å². The molecular weight excluding hydrogens is 256 g/mol. The SMILES string of the molecule is CCCCCCCOc1ccc([N+](=O)[O-])cc1CNC. The zero-order valence-corrected chi connectivity index (χ0v) is 12.4. The lowest BCUT2D eigenvalue weighted by atomic mass is 10.1. The van der Waals surface area contributed by atoms with E-state index in [-0.39, 0.29) is 10.6 Å². The molecule has 0 bridgehead atoms. The van der Waals surface area contributed by atoms with E-state index >= 15 is 0 Å². The van der Waals surface area contributed by atoms with E-state index < -0.39 is 0 Å². The molecule has 0 radical (unpaired) electrons. The highest BCUT2D eigenvalue weighted by molar-refractivity contribution is 5.43. The second-order valence-corrected chi connectivity index (χ2v) is 4.84. The van der Waals surface area contributed by atoms with E-state index in [0.717, 1.165) is 17.7 Å². The predicted molar refractivity (Wildman–Crippen MR) is 80.1 cm³/mol. The lowest BCUT2D eigenvalue weighted by Gasteiger charge is -2.11. The van der Waals surface area contributed by atoms with Crippen molar-refractivity contribution in [2.75, 3.05) is 13.7 Å². The molecule has 1 aromatic carbocycles. The first-order chi connectivity index (χ1) is 9.69. The molecule has 0 aliphatic rings. The molecule has 0 saturated heterocycles. The zero-order chi connectivity index (χ0) is 14.8. The summed E-state index contributed by atoms with van der Waals surface area (Å²) in [7, 11) is 1.81. The Hall–Kier alpha value is -1.62. The highest BCUT2D eigenvalue weighted by Crippen LogP contribution is 2.24. The van der Waals surface area contributed by atoms with Crippen molar-refractivity contribution in [1.29, 1.82) is 0 Å². The second kappa shape index (κ2) is 9.31.